The number of nitrogens with zero attached hydrogens (tertiary/aromatic N) is 1. The fraction of sp³-hybridized carbons (Fsp3) is 0.250. The second-order valence-electron chi connectivity index (χ2n) is 2.44. The van der Waals surface area contributed by atoms with E-state index in [0.717, 1.165) is 5.69 Å². The summed E-state index contributed by atoms with van der Waals surface area (Å²) < 4.78 is 0. The monoisotopic (exact) mass is 135 g/mol. The van der Waals surface area contributed by atoms with Crippen molar-refractivity contribution >= 4 is 11.4 Å². The zero-order valence-corrected chi connectivity index (χ0v) is 6.26. The highest BCUT2D eigenvalue weighted by atomic mass is 15.1. The van der Waals surface area contributed by atoms with Gasteiger partial charge in [-0.05, 0) is 18.2 Å². The van der Waals surface area contributed by atoms with Crippen LogP contribution in [0.15, 0.2) is 24.3 Å². The second-order valence-corrected chi connectivity index (χ2v) is 2.44. The molecule has 0 atom stereocenters. The average molecular weight is 135 g/mol. The molecule has 0 spiro atoms. The molecular weight excluding hydrogens is 124 g/mol. The van der Waals surface area contributed by atoms with Crippen LogP contribution >= 0.6 is 0 Å². The first-order valence-electron chi connectivity index (χ1n) is 3.19. The lowest BCUT2D eigenvalue weighted by Gasteiger charge is -2.11. The van der Waals surface area contributed by atoms with Gasteiger partial charge in [-0.1, -0.05) is 6.07 Å². The van der Waals surface area contributed by atoms with Crippen molar-refractivity contribution in [2.75, 3.05) is 19.0 Å². The van der Waals surface area contributed by atoms with Gasteiger partial charge in [-0.2, -0.15) is 0 Å². The fourth-order valence-corrected chi connectivity index (χ4v) is 0.784. The molecule has 0 fully saturated rings. The first kappa shape index (κ1) is 6.93. The Morgan fingerprint density at radius 1 is 1.30 bits per heavy atom. The highest BCUT2D eigenvalue weighted by Gasteiger charge is 1.92. The average Bonchev–Trinajstić information content (AvgIpc) is 1.88. The Morgan fingerprint density at radius 2 is 2.00 bits per heavy atom. The largest absolute Gasteiger partial charge is 0.378 e. The summed E-state index contributed by atoms with van der Waals surface area (Å²) in [5.74, 6) is 0. The maximum atomic E-state index is 7.30. The van der Waals surface area contributed by atoms with Crippen LogP contribution in [0, 0.1) is 0 Å². The van der Waals surface area contributed by atoms with Gasteiger partial charge in [0.1, 0.15) is 0 Å². The maximum Gasteiger partial charge on any atom is 0.0560 e. The van der Waals surface area contributed by atoms with Crippen LogP contribution in [-0.4, -0.2) is 14.1 Å². The number of anilines is 1. The van der Waals surface area contributed by atoms with Crippen LogP contribution in [0.1, 0.15) is 0 Å². The van der Waals surface area contributed by atoms with Crippen LogP contribution in [0.2, 0.25) is 0 Å². The van der Waals surface area contributed by atoms with Gasteiger partial charge in [0.05, 0.1) is 5.69 Å². The standard InChI is InChI=1S/C8H11N2/c1-10(2)8-5-3-4-7(9)6-8/h3-6,9H,1-2H3. The minimum absolute atomic E-state index is 0.561. The van der Waals surface area contributed by atoms with Gasteiger partial charge < -0.3 is 10.6 Å². The number of rotatable bonds is 1. The molecule has 0 bridgehead atoms. The van der Waals surface area contributed by atoms with Crippen molar-refractivity contribution in [2.45, 2.75) is 0 Å². The highest BCUT2D eigenvalue weighted by molar-refractivity contribution is 5.53. The van der Waals surface area contributed by atoms with Gasteiger partial charge in [-0.25, -0.2) is 0 Å². The second kappa shape index (κ2) is 2.60. The summed E-state index contributed by atoms with van der Waals surface area (Å²) >= 11 is 0. The van der Waals surface area contributed by atoms with Crippen LogP contribution in [0.3, 0.4) is 0 Å². The predicted octanol–water partition coefficient (Wildman–Crippen LogP) is 1.67. The first-order chi connectivity index (χ1) is 4.70. The Kier molecular flexibility index (Phi) is 1.81. The van der Waals surface area contributed by atoms with E-state index < -0.39 is 0 Å². The van der Waals surface area contributed by atoms with Gasteiger partial charge in [0.2, 0.25) is 0 Å². The molecule has 0 amide bonds. The van der Waals surface area contributed by atoms with E-state index in [1.165, 1.54) is 0 Å². The maximum absolute atomic E-state index is 7.30. The van der Waals surface area contributed by atoms with E-state index in [9.17, 15) is 0 Å². The molecule has 0 unspecified atom stereocenters. The fourth-order valence-electron chi connectivity index (χ4n) is 0.784. The molecule has 0 heterocycles. The van der Waals surface area contributed by atoms with E-state index in [0.29, 0.717) is 5.69 Å². The molecule has 1 aromatic carbocycles. The number of benzene rings is 1. The molecule has 0 aromatic heterocycles. The Bertz CT molecular complexity index is 218. The van der Waals surface area contributed by atoms with Crippen molar-refractivity contribution in [2.24, 2.45) is 0 Å². The van der Waals surface area contributed by atoms with Crippen LogP contribution in [0.25, 0.3) is 0 Å². The van der Waals surface area contributed by atoms with Gasteiger partial charge in [-0.3, -0.25) is 0 Å². The first-order valence-corrected chi connectivity index (χ1v) is 3.19. The zero-order valence-electron chi connectivity index (χ0n) is 6.26. The topological polar surface area (TPSA) is 27.0 Å². The Labute approximate surface area is 61.3 Å². The summed E-state index contributed by atoms with van der Waals surface area (Å²) in [6.45, 7) is 0. The van der Waals surface area contributed by atoms with Crippen molar-refractivity contribution in [3.8, 4) is 0 Å². The van der Waals surface area contributed by atoms with Crippen molar-refractivity contribution in [3.05, 3.63) is 24.3 Å². The van der Waals surface area contributed by atoms with E-state index in [4.69, 9.17) is 5.73 Å². The predicted molar refractivity (Wildman–Crippen MR) is 43.5 cm³/mol. The summed E-state index contributed by atoms with van der Waals surface area (Å²) in [6, 6.07) is 7.47. The quantitative estimate of drug-likeness (QED) is 0.575. The number of hydrogen-bond acceptors (Lipinski definition) is 1. The van der Waals surface area contributed by atoms with Crippen molar-refractivity contribution in [1.82, 2.24) is 5.73 Å². The molecule has 1 N–H and O–H groups in total. The lowest BCUT2D eigenvalue weighted by Crippen LogP contribution is -2.07. The molecule has 0 aliphatic carbocycles. The van der Waals surface area contributed by atoms with E-state index in [2.05, 4.69) is 0 Å². The molecule has 0 saturated carbocycles. The van der Waals surface area contributed by atoms with Crippen LogP contribution < -0.4 is 10.6 Å². The molecule has 2 heteroatoms. The SMILES string of the molecule is CN(C)c1cccc([NH])c1. The lowest BCUT2D eigenvalue weighted by molar-refractivity contribution is 1.13. The van der Waals surface area contributed by atoms with Gasteiger partial charge in [0, 0.05) is 19.8 Å². The van der Waals surface area contributed by atoms with E-state index in [1.54, 1.807) is 6.07 Å². The third kappa shape index (κ3) is 1.41. The third-order valence-electron chi connectivity index (χ3n) is 1.36. The highest BCUT2D eigenvalue weighted by Crippen LogP contribution is 2.14. The summed E-state index contributed by atoms with van der Waals surface area (Å²) in [5.41, 5.74) is 8.94. The van der Waals surface area contributed by atoms with E-state index >= 15 is 0 Å². The Morgan fingerprint density at radius 3 is 2.40 bits per heavy atom. The lowest BCUT2D eigenvalue weighted by atomic mass is 10.3. The minimum atomic E-state index is 0.561. The third-order valence-corrected chi connectivity index (χ3v) is 1.36. The zero-order chi connectivity index (χ0) is 7.56. The molecule has 1 rings (SSSR count). The Hall–Kier alpha value is -1.18. The molecule has 53 valence electrons. The van der Waals surface area contributed by atoms with Gasteiger partial charge >= 0.3 is 0 Å². The summed E-state index contributed by atoms with van der Waals surface area (Å²) in [6.07, 6.45) is 0. The van der Waals surface area contributed by atoms with E-state index in [-0.39, 0.29) is 0 Å². The van der Waals surface area contributed by atoms with Crippen molar-refractivity contribution in [1.29, 1.82) is 0 Å². The molecule has 0 aliphatic heterocycles. The molecule has 0 saturated heterocycles. The number of hydrogen-bond donors (Lipinski definition) is 0. The molecule has 0 aliphatic rings. The Balaban J connectivity index is 2.96. The molecule has 10 heavy (non-hydrogen) atoms. The molecule has 2 nitrogen and oxygen atoms in total. The van der Waals surface area contributed by atoms with Crippen LogP contribution in [-0.2, 0) is 0 Å². The minimum Gasteiger partial charge on any atom is -0.378 e. The van der Waals surface area contributed by atoms with Gasteiger partial charge in [-0.15, -0.1) is 0 Å². The molecular formula is C8H11N2. The normalized spacial score (nSPS) is 9.40. The smallest absolute Gasteiger partial charge is 0.0560 e. The number of nitrogens with one attached hydrogen (secondary N) is 1. The summed E-state index contributed by atoms with van der Waals surface area (Å²) in [7, 11) is 3.93. The van der Waals surface area contributed by atoms with Crippen molar-refractivity contribution in [3.63, 3.8) is 0 Å². The van der Waals surface area contributed by atoms with E-state index in [1.807, 2.05) is 37.2 Å². The van der Waals surface area contributed by atoms with Gasteiger partial charge in [0.25, 0.3) is 0 Å². The summed E-state index contributed by atoms with van der Waals surface area (Å²) in [5, 5.41) is 0. The van der Waals surface area contributed by atoms with Crippen LogP contribution in [0.4, 0.5) is 11.4 Å². The molecule has 1 radical (unpaired) electrons. The summed E-state index contributed by atoms with van der Waals surface area (Å²) in [4.78, 5) is 1.98. The van der Waals surface area contributed by atoms with Gasteiger partial charge in [0.15, 0.2) is 0 Å². The molecule has 1 aromatic rings. The van der Waals surface area contributed by atoms with Crippen LogP contribution in [0.5, 0.6) is 0 Å². The van der Waals surface area contributed by atoms with Crippen molar-refractivity contribution < 1.29 is 0 Å².